The van der Waals surface area contributed by atoms with Gasteiger partial charge in [-0.1, -0.05) is 26.0 Å². The molecule has 1 fully saturated rings. The number of nitrogens with one attached hydrogen (secondary N) is 2. The Bertz CT molecular complexity index is 662. The van der Waals surface area contributed by atoms with Gasteiger partial charge in [-0.25, -0.2) is 4.79 Å². The van der Waals surface area contributed by atoms with Crippen LogP contribution in [0.25, 0.3) is 0 Å². The number of carbonyl (C=O) groups is 3. The Morgan fingerprint density at radius 1 is 1.33 bits per heavy atom. The smallest absolute Gasteiger partial charge is 0.324 e. The van der Waals surface area contributed by atoms with Crippen LogP contribution in [0.4, 0.5) is 10.5 Å². The molecule has 1 aliphatic heterocycles. The predicted molar refractivity (Wildman–Crippen MR) is 95.5 cm³/mol. The molecule has 0 spiro atoms. The third-order valence-corrected chi connectivity index (χ3v) is 4.71. The Morgan fingerprint density at radius 2 is 2.00 bits per heavy atom. The number of hydrogen-bond donors (Lipinski definition) is 2. The Kier molecular flexibility index (Phi) is 5.64. The fourth-order valence-electron chi connectivity index (χ4n) is 2.53. The molecule has 2 rings (SSSR count). The highest BCUT2D eigenvalue weighted by molar-refractivity contribution is 9.10. The summed E-state index contributed by atoms with van der Waals surface area (Å²) in [5.41, 5.74) is -0.341. The average molecular weight is 396 g/mol. The number of benzene rings is 1. The maximum absolute atomic E-state index is 12.6. The van der Waals surface area contributed by atoms with Crippen LogP contribution in [0.5, 0.6) is 0 Å². The molecule has 0 saturated carbocycles. The van der Waals surface area contributed by atoms with Gasteiger partial charge in [0.1, 0.15) is 12.1 Å². The molecule has 1 atom stereocenters. The predicted octanol–water partition coefficient (Wildman–Crippen LogP) is 3.13. The standard InChI is InChI=1S/C17H22BrN3O3/c1-11(2)8-9-17(3)15(23)21(16(24)20-17)10-14(22)19-13-7-5-4-6-12(13)18/h4-7,11H,8-10H2,1-3H3,(H,19,22)(H,20,24)/t17-/m0/s1. The second kappa shape index (κ2) is 7.34. The Labute approximate surface area is 150 Å². The van der Waals surface area contributed by atoms with Gasteiger partial charge in [-0.05, 0) is 53.7 Å². The van der Waals surface area contributed by atoms with Crippen LogP contribution in [-0.4, -0.2) is 34.8 Å². The molecule has 2 N–H and O–H groups in total. The molecule has 0 unspecified atom stereocenters. The number of nitrogens with zero attached hydrogens (tertiary/aromatic N) is 1. The van der Waals surface area contributed by atoms with Crippen LogP contribution in [0.3, 0.4) is 0 Å². The summed E-state index contributed by atoms with van der Waals surface area (Å²) in [5, 5.41) is 5.41. The zero-order valence-corrected chi connectivity index (χ0v) is 15.6. The highest BCUT2D eigenvalue weighted by atomic mass is 79.9. The van der Waals surface area contributed by atoms with Gasteiger partial charge < -0.3 is 10.6 Å². The van der Waals surface area contributed by atoms with Gasteiger partial charge in [0.2, 0.25) is 5.91 Å². The van der Waals surface area contributed by atoms with Crippen LogP contribution >= 0.6 is 15.9 Å². The minimum absolute atomic E-state index is 0.302. The molecule has 4 amide bonds. The molecule has 1 saturated heterocycles. The summed E-state index contributed by atoms with van der Waals surface area (Å²) in [5.74, 6) is -0.340. The summed E-state index contributed by atoms with van der Waals surface area (Å²) in [7, 11) is 0. The first kappa shape index (κ1) is 18.4. The number of urea groups is 1. The molecular weight excluding hydrogens is 374 g/mol. The van der Waals surface area contributed by atoms with Crippen LogP contribution in [0.15, 0.2) is 28.7 Å². The fraction of sp³-hybridized carbons (Fsp3) is 0.471. The maximum Gasteiger partial charge on any atom is 0.325 e. The van der Waals surface area contributed by atoms with E-state index in [1.807, 2.05) is 6.07 Å². The lowest BCUT2D eigenvalue weighted by atomic mass is 9.92. The van der Waals surface area contributed by atoms with E-state index in [0.717, 1.165) is 15.8 Å². The molecule has 24 heavy (non-hydrogen) atoms. The van der Waals surface area contributed by atoms with Crippen molar-refractivity contribution in [3.63, 3.8) is 0 Å². The van der Waals surface area contributed by atoms with E-state index in [1.165, 1.54) is 0 Å². The van der Waals surface area contributed by atoms with Crippen LogP contribution in [-0.2, 0) is 9.59 Å². The number of amides is 4. The van der Waals surface area contributed by atoms with Crippen LogP contribution in [0.1, 0.15) is 33.6 Å². The second-order valence-electron chi connectivity index (χ2n) is 6.61. The van der Waals surface area contributed by atoms with Gasteiger partial charge >= 0.3 is 6.03 Å². The molecule has 6 nitrogen and oxygen atoms in total. The number of rotatable bonds is 6. The van der Waals surface area contributed by atoms with Gasteiger partial charge in [0.15, 0.2) is 0 Å². The molecule has 0 aromatic heterocycles. The van der Waals surface area contributed by atoms with Gasteiger partial charge in [0.25, 0.3) is 5.91 Å². The largest absolute Gasteiger partial charge is 0.325 e. The number of imide groups is 1. The summed E-state index contributed by atoms with van der Waals surface area (Å²) in [6.07, 6.45) is 1.37. The minimum Gasteiger partial charge on any atom is -0.324 e. The van der Waals surface area contributed by atoms with E-state index in [0.29, 0.717) is 18.0 Å². The van der Waals surface area contributed by atoms with Crippen molar-refractivity contribution in [1.29, 1.82) is 0 Å². The molecule has 0 bridgehead atoms. The molecule has 0 radical (unpaired) electrons. The van der Waals surface area contributed by atoms with Crippen LogP contribution < -0.4 is 10.6 Å². The van der Waals surface area contributed by atoms with Crippen molar-refractivity contribution < 1.29 is 14.4 Å². The van der Waals surface area contributed by atoms with Crippen molar-refractivity contribution in [2.24, 2.45) is 5.92 Å². The first-order valence-electron chi connectivity index (χ1n) is 7.91. The summed E-state index contributed by atoms with van der Waals surface area (Å²) in [6, 6.07) is 6.63. The summed E-state index contributed by atoms with van der Waals surface area (Å²) in [6.45, 7) is 5.53. The van der Waals surface area contributed by atoms with Crippen molar-refractivity contribution >= 4 is 39.5 Å². The lowest BCUT2D eigenvalue weighted by Crippen LogP contribution is -2.44. The van der Waals surface area contributed by atoms with Crippen molar-refractivity contribution in [2.45, 2.75) is 39.2 Å². The Hall–Kier alpha value is -1.89. The number of hydrogen-bond acceptors (Lipinski definition) is 3. The third-order valence-electron chi connectivity index (χ3n) is 4.02. The van der Waals surface area contributed by atoms with Gasteiger partial charge in [-0.3, -0.25) is 14.5 Å². The van der Waals surface area contributed by atoms with E-state index >= 15 is 0 Å². The first-order valence-corrected chi connectivity index (χ1v) is 8.71. The molecule has 1 heterocycles. The van der Waals surface area contributed by atoms with E-state index < -0.39 is 17.5 Å². The maximum atomic E-state index is 12.6. The second-order valence-corrected chi connectivity index (χ2v) is 7.47. The quantitative estimate of drug-likeness (QED) is 0.726. The van der Waals surface area contributed by atoms with Crippen molar-refractivity contribution in [2.75, 3.05) is 11.9 Å². The monoisotopic (exact) mass is 395 g/mol. The summed E-state index contributed by atoms with van der Waals surface area (Å²) >= 11 is 3.34. The first-order chi connectivity index (χ1) is 11.2. The highest BCUT2D eigenvalue weighted by Gasteiger charge is 2.47. The zero-order chi connectivity index (χ0) is 17.9. The van der Waals surface area contributed by atoms with E-state index in [4.69, 9.17) is 0 Å². The third kappa shape index (κ3) is 4.14. The molecule has 0 aliphatic carbocycles. The highest BCUT2D eigenvalue weighted by Crippen LogP contribution is 2.25. The topological polar surface area (TPSA) is 78.5 Å². The number of para-hydroxylation sites is 1. The van der Waals surface area contributed by atoms with E-state index in [-0.39, 0.29) is 12.5 Å². The number of carbonyl (C=O) groups excluding carboxylic acids is 3. The van der Waals surface area contributed by atoms with E-state index in [9.17, 15) is 14.4 Å². The molecule has 7 heteroatoms. The Balaban J connectivity index is 2.02. The van der Waals surface area contributed by atoms with Gasteiger partial charge in [-0.15, -0.1) is 0 Å². The molecular formula is C17H22BrN3O3. The van der Waals surface area contributed by atoms with Gasteiger partial charge in [-0.2, -0.15) is 0 Å². The lowest BCUT2D eigenvalue weighted by Gasteiger charge is -2.22. The lowest BCUT2D eigenvalue weighted by molar-refractivity contribution is -0.133. The summed E-state index contributed by atoms with van der Waals surface area (Å²) < 4.78 is 0.734. The molecule has 1 aromatic carbocycles. The van der Waals surface area contributed by atoms with Crippen molar-refractivity contribution in [3.05, 3.63) is 28.7 Å². The minimum atomic E-state index is -0.936. The molecule has 130 valence electrons. The average Bonchev–Trinajstić information content (AvgIpc) is 2.72. The van der Waals surface area contributed by atoms with Crippen molar-refractivity contribution in [3.8, 4) is 0 Å². The SMILES string of the molecule is CC(C)CC[C@]1(C)NC(=O)N(CC(=O)Nc2ccccc2Br)C1=O. The van der Waals surface area contributed by atoms with Gasteiger partial charge in [0, 0.05) is 4.47 Å². The molecule has 1 aliphatic rings. The fourth-order valence-corrected chi connectivity index (χ4v) is 2.92. The Morgan fingerprint density at radius 3 is 2.62 bits per heavy atom. The van der Waals surface area contributed by atoms with Gasteiger partial charge in [0.05, 0.1) is 5.69 Å². The van der Waals surface area contributed by atoms with Crippen LogP contribution in [0, 0.1) is 5.92 Å². The summed E-state index contributed by atoms with van der Waals surface area (Å²) in [4.78, 5) is 37.8. The van der Waals surface area contributed by atoms with Crippen molar-refractivity contribution in [1.82, 2.24) is 10.2 Å². The normalized spacial score (nSPS) is 20.5. The number of halogens is 1. The van der Waals surface area contributed by atoms with E-state index in [2.05, 4.69) is 40.4 Å². The molecule has 1 aromatic rings. The van der Waals surface area contributed by atoms with E-state index in [1.54, 1.807) is 25.1 Å². The zero-order valence-electron chi connectivity index (χ0n) is 14.1. The number of anilines is 1. The van der Waals surface area contributed by atoms with Crippen LogP contribution in [0.2, 0.25) is 0 Å².